The van der Waals surface area contributed by atoms with E-state index in [0.717, 1.165) is 6.07 Å². The minimum Gasteiger partial charge on any atom is -0.477 e. The number of aromatic carboxylic acids is 1. The topological polar surface area (TPSA) is 88.4 Å². The zero-order valence-electron chi connectivity index (χ0n) is 11.5. The van der Waals surface area contributed by atoms with Crippen molar-refractivity contribution in [2.45, 2.75) is 38.1 Å². The van der Waals surface area contributed by atoms with Crippen LogP contribution >= 0.6 is 0 Å². The molecular formula is C12H20N2O4S. The van der Waals surface area contributed by atoms with E-state index >= 15 is 0 Å². The molecule has 1 atom stereocenters. The molecule has 108 valence electrons. The summed E-state index contributed by atoms with van der Waals surface area (Å²) in [6, 6.07) is 0.996. The largest absolute Gasteiger partial charge is 0.477 e. The summed E-state index contributed by atoms with van der Waals surface area (Å²) in [6.07, 6.45) is 1.98. The molecule has 19 heavy (non-hydrogen) atoms. The number of aryl methyl sites for hydroxylation is 1. The molecule has 0 aliphatic carbocycles. The van der Waals surface area contributed by atoms with Gasteiger partial charge in [-0.05, 0) is 18.4 Å². The summed E-state index contributed by atoms with van der Waals surface area (Å²) >= 11 is 0. The van der Waals surface area contributed by atoms with Crippen molar-refractivity contribution in [2.75, 3.05) is 0 Å². The van der Waals surface area contributed by atoms with E-state index in [9.17, 15) is 13.2 Å². The van der Waals surface area contributed by atoms with Crippen molar-refractivity contribution in [3.8, 4) is 0 Å². The van der Waals surface area contributed by atoms with Crippen molar-refractivity contribution >= 4 is 16.0 Å². The summed E-state index contributed by atoms with van der Waals surface area (Å²) in [5.41, 5.74) is -0.0574. The van der Waals surface area contributed by atoms with Gasteiger partial charge in [-0.15, -0.1) is 0 Å². The average molecular weight is 288 g/mol. The van der Waals surface area contributed by atoms with E-state index in [1.54, 1.807) is 0 Å². The second-order valence-corrected chi connectivity index (χ2v) is 6.57. The fourth-order valence-electron chi connectivity index (χ4n) is 1.85. The molecule has 0 amide bonds. The molecule has 0 spiro atoms. The number of hydrogen-bond acceptors (Lipinski definition) is 3. The van der Waals surface area contributed by atoms with Crippen LogP contribution < -0.4 is 4.72 Å². The number of hydrogen-bond donors (Lipinski definition) is 2. The van der Waals surface area contributed by atoms with Gasteiger partial charge >= 0.3 is 5.97 Å². The molecule has 1 unspecified atom stereocenters. The Morgan fingerprint density at radius 3 is 2.42 bits per heavy atom. The van der Waals surface area contributed by atoms with Gasteiger partial charge in [0.25, 0.3) is 0 Å². The van der Waals surface area contributed by atoms with Gasteiger partial charge in [0.1, 0.15) is 10.6 Å². The van der Waals surface area contributed by atoms with E-state index in [2.05, 4.69) is 4.72 Å². The number of aromatic nitrogens is 1. The molecule has 0 saturated heterocycles. The van der Waals surface area contributed by atoms with Gasteiger partial charge < -0.3 is 9.67 Å². The van der Waals surface area contributed by atoms with Crippen LogP contribution in [0.25, 0.3) is 0 Å². The molecule has 1 aromatic heterocycles. The monoisotopic (exact) mass is 288 g/mol. The van der Waals surface area contributed by atoms with Crippen molar-refractivity contribution in [3.05, 3.63) is 18.0 Å². The van der Waals surface area contributed by atoms with Crippen molar-refractivity contribution in [3.63, 3.8) is 0 Å². The van der Waals surface area contributed by atoms with Crippen LogP contribution in [0.15, 0.2) is 17.2 Å². The van der Waals surface area contributed by atoms with Crippen molar-refractivity contribution in [1.82, 2.24) is 9.29 Å². The molecule has 7 heteroatoms. The second kappa shape index (κ2) is 5.75. The molecule has 1 heterocycles. The first-order valence-electron chi connectivity index (χ1n) is 6.11. The summed E-state index contributed by atoms with van der Waals surface area (Å²) in [6.45, 7) is 5.77. The molecule has 0 bridgehead atoms. The predicted octanol–water partition coefficient (Wildman–Crippen LogP) is 1.44. The molecule has 0 aromatic carbocycles. The number of carboxylic acids is 1. The lowest BCUT2D eigenvalue weighted by Gasteiger charge is -2.20. The maximum absolute atomic E-state index is 12.2. The molecule has 1 rings (SSSR count). The van der Waals surface area contributed by atoms with Crippen LogP contribution in [0, 0.1) is 5.92 Å². The summed E-state index contributed by atoms with van der Waals surface area (Å²) < 4.78 is 28.2. The molecule has 0 aliphatic heterocycles. The minimum absolute atomic E-state index is 0.0218. The van der Waals surface area contributed by atoms with Crippen molar-refractivity contribution in [1.29, 1.82) is 0 Å². The molecule has 0 aliphatic rings. The minimum atomic E-state index is -3.69. The lowest BCUT2D eigenvalue weighted by molar-refractivity contribution is 0.0686. The standard InChI is InChI=1S/C12H20N2O4S/c1-5-10(8(2)3)13-19(17,18)9-6-11(12(15)16)14(4)7-9/h6-8,10,13H,5H2,1-4H3,(H,15,16). The molecule has 2 N–H and O–H groups in total. The number of nitrogens with zero attached hydrogens (tertiary/aromatic N) is 1. The Kier molecular flexibility index (Phi) is 4.75. The first-order valence-corrected chi connectivity index (χ1v) is 7.59. The zero-order valence-corrected chi connectivity index (χ0v) is 12.4. The van der Waals surface area contributed by atoms with E-state index in [4.69, 9.17) is 5.11 Å². The van der Waals surface area contributed by atoms with E-state index < -0.39 is 16.0 Å². The normalized spacial score (nSPS) is 13.7. The third kappa shape index (κ3) is 3.57. The van der Waals surface area contributed by atoms with E-state index in [1.807, 2.05) is 20.8 Å². The number of carbonyl (C=O) groups is 1. The van der Waals surface area contributed by atoms with Gasteiger partial charge in [0, 0.05) is 19.3 Å². The maximum atomic E-state index is 12.2. The van der Waals surface area contributed by atoms with Gasteiger partial charge in [-0.1, -0.05) is 20.8 Å². The highest BCUT2D eigenvalue weighted by atomic mass is 32.2. The van der Waals surface area contributed by atoms with Crippen LogP contribution in [0.5, 0.6) is 0 Å². The molecule has 0 saturated carbocycles. The van der Waals surface area contributed by atoms with Crippen LogP contribution in [0.4, 0.5) is 0 Å². The van der Waals surface area contributed by atoms with Gasteiger partial charge in [-0.2, -0.15) is 0 Å². The van der Waals surface area contributed by atoms with Gasteiger partial charge in [0.2, 0.25) is 10.0 Å². The SMILES string of the molecule is CCC(NS(=O)(=O)c1cc(C(=O)O)n(C)c1)C(C)C. The molecule has 0 fully saturated rings. The summed E-state index contributed by atoms with van der Waals surface area (Å²) in [7, 11) is -2.18. The maximum Gasteiger partial charge on any atom is 0.352 e. The van der Waals surface area contributed by atoms with Crippen LogP contribution in [-0.2, 0) is 17.1 Å². The number of sulfonamides is 1. The summed E-state index contributed by atoms with van der Waals surface area (Å²) in [5, 5.41) is 8.92. The van der Waals surface area contributed by atoms with Crippen LogP contribution in [-0.4, -0.2) is 30.1 Å². The number of carboxylic acid groups (broad SMARTS) is 1. The van der Waals surface area contributed by atoms with Crippen molar-refractivity contribution in [2.24, 2.45) is 13.0 Å². The Morgan fingerprint density at radius 2 is 2.05 bits per heavy atom. The molecule has 0 radical (unpaired) electrons. The zero-order chi connectivity index (χ0) is 14.8. The van der Waals surface area contributed by atoms with Crippen LogP contribution in [0.3, 0.4) is 0 Å². The first kappa shape index (κ1) is 15.7. The van der Waals surface area contributed by atoms with Gasteiger partial charge in [-0.25, -0.2) is 17.9 Å². The Balaban J connectivity index is 3.07. The first-order chi connectivity index (χ1) is 8.69. The Labute approximate surface area is 113 Å². The second-order valence-electron chi connectivity index (χ2n) is 4.86. The van der Waals surface area contributed by atoms with Gasteiger partial charge in [0.15, 0.2) is 0 Å². The highest BCUT2D eigenvalue weighted by molar-refractivity contribution is 7.89. The Hall–Kier alpha value is -1.34. The fourth-order valence-corrected chi connectivity index (χ4v) is 3.39. The summed E-state index contributed by atoms with van der Waals surface area (Å²) in [5.74, 6) is -0.984. The molecular weight excluding hydrogens is 268 g/mol. The van der Waals surface area contributed by atoms with E-state index in [0.29, 0.717) is 6.42 Å². The Bertz CT molecular complexity index is 560. The number of rotatable bonds is 6. The van der Waals surface area contributed by atoms with E-state index in [1.165, 1.54) is 17.8 Å². The Morgan fingerprint density at radius 1 is 1.47 bits per heavy atom. The summed E-state index contributed by atoms with van der Waals surface area (Å²) in [4.78, 5) is 10.9. The number of nitrogens with one attached hydrogen (secondary N) is 1. The lowest BCUT2D eigenvalue weighted by atomic mass is 10.0. The lowest BCUT2D eigenvalue weighted by Crippen LogP contribution is -2.37. The average Bonchev–Trinajstić information content (AvgIpc) is 2.68. The third-order valence-corrected chi connectivity index (χ3v) is 4.52. The van der Waals surface area contributed by atoms with E-state index in [-0.39, 0.29) is 22.5 Å². The molecule has 6 nitrogen and oxygen atoms in total. The molecule has 1 aromatic rings. The quantitative estimate of drug-likeness (QED) is 0.829. The fraction of sp³-hybridized carbons (Fsp3) is 0.583. The van der Waals surface area contributed by atoms with Gasteiger partial charge in [-0.3, -0.25) is 0 Å². The predicted molar refractivity (Wildman–Crippen MR) is 71.6 cm³/mol. The van der Waals surface area contributed by atoms with Crippen LogP contribution in [0.1, 0.15) is 37.7 Å². The smallest absolute Gasteiger partial charge is 0.352 e. The highest BCUT2D eigenvalue weighted by Crippen LogP contribution is 2.16. The van der Waals surface area contributed by atoms with Gasteiger partial charge in [0.05, 0.1) is 0 Å². The highest BCUT2D eigenvalue weighted by Gasteiger charge is 2.24. The third-order valence-electron chi connectivity index (χ3n) is 3.06. The van der Waals surface area contributed by atoms with Crippen LogP contribution in [0.2, 0.25) is 0 Å². The van der Waals surface area contributed by atoms with Crippen molar-refractivity contribution < 1.29 is 18.3 Å².